The van der Waals surface area contributed by atoms with Crippen molar-refractivity contribution in [2.24, 2.45) is 0 Å². The lowest BCUT2D eigenvalue weighted by Gasteiger charge is -2.22. The van der Waals surface area contributed by atoms with Crippen molar-refractivity contribution in [3.8, 4) is 0 Å². The second kappa shape index (κ2) is 7.49. The van der Waals surface area contributed by atoms with Gasteiger partial charge in [0.1, 0.15) is 0 Å². The molecule has 0 spiro atoms. The highest BCUT2D eigenvalue weighted by Gasteiger charge is 2.31. The third kappa shape index (κ3) is 4.58. The summed E-state index contributed by atoms with van der Waals surface area (Å²) >= 11 is 0. The largest absolute Gasteiger partial charge is 0.388 e. The van der Waals surface area contributed by atoms with Gasteiger partial charge in [-0.15, -0.1) is 0 Å². The first-order valence-corrected chi connectivity index (χ1v) is 8.41. The number of carbonyl (C=O) groups is 1. The van der Waals surface area contributed by atoms with Crippen molar-refractivity contribution in [3.63, 3.8) is 0 Å². The molecule has 0 aliphatic heterocycles. The van der Waals surface area contributed by atoms with Gasteiger partial charge in [-0.25, -0.2) is 9.78 Å². The van der Waals surface area contributed by atoms with Crippen LogP contribution >= 0.6 is 0 Å². The molecule has 6 nitrogen and oxygen atoms in total. The van der Waals surface area contributed by atoms with Crippen molar-refractivity contribution in [2.75, 3.05) is 6.54 Å². The first-order valence-electron chi connectivity index (χ1n) is 8.41. The maximum atomic E-state index is 11.9. The van der Waals surface area contributed by atoms with Crippen molar-refractivity contribution in [2.45, 2.75) is 44.4 Å². The minimum atomic E-state index is -0.720. The zero-order chi connectivity index (χ0) is 16.8. The van der Waals surface area contributed by atoms with Gasteiger partial charge >= 0.3 is 6.03 Å². The van der Waals surface area contributed by atoms with Crippen molar-refractivity contribution < 1.29 is 9.90 Å². The zero-order valence-corrected chi connectivity index (χ0v) is 13.7. The predicted molar refractivity (Wildman–Crippen MR) is 91.4 cm³/mol. The van der Waals surface area contributed by atoms with Crippen molar-refractivity contribution in [1.29, 1.82) is 0 Å². The summed E-state index contributed by atoms with van der Waals surface area (Å²) in [6.07, 6.45) is 9.06. The molecule has 128 valence electrons. The summed E-state index contributed by atoms with van der Waals surface area (Å²) in [5, 5.41) is 15.9. The van der Waals surface area contributed by atoms with Crippen LogP contribution in [0.1, 0.15) is 36.8 Å². The summed E-state index contributed by atoms with van der Waals surface area (Å²) in [7, 11) is 0. The molecule has 24 heavy (non-hydrogen) atoms. The van der Waals surface area contributed by atoms with E-state index in [4.69, 9.17) is 0 Å². The van der Waals surface area contributed by atoms with Gasteiger partial charge in [0, 0.05) is 32.0 Å². The van der Waals surface area contributed by atoms with Crippen LogP contribution in [-0.4, -0.2) is 32.8 Å². The third-order valence-corrected chi connectivity index (χ3v) is 4.48. The quantitative estimate of drug-likeness (QED) is 0.759. The van der Waals surface area contributed by atoms with E-state index in [0.29, 0.717) is 13.1 Å². The van der Waals surface area contributed by atoms with E-state index in [1.165, 1.54) is 0 Å². The highest BCUT2D eigenvalue weighted by atomic mass is 16.3. The number of carbonyl (C=O) groups excluding carboxylic acids is 1. The van der Waals surface area contributed by atoms with Crippen molar-refractivity contribution in [1.82, 2.24) is 20.2 Å². The highest BCUT2D eigenvalue weighted by molar-refractivity contribution is 5.73. The number of hydrogen-bond acceptors (Lipinski definition) is 3. The summed E-state index contributed by atoms with van der Waals surface area (Å²) in [6.45, 7) is 1.54. The molecular formula is C18H24N4O2. The number of amides is 2. The Balaban J connectivity index is 1.46. The molecule has 3 N–H and O–H groups in total. The Morgan fingerprint density at radius 1 is 1.25 bits per heavy atom. The second-order valence-corrected chi connectivity index (χ2v) is 6.52. The number of nitrogens with one attached hydrogen (secondary N) is 2. The lowest BCUT2D eigenvalue weighted by atomic mass is 10.0. The van der Waals surface area contributed by atoms with Crippen LogP contribution in [0.5, 0.6) is 0 Å². The number of urea groups is 1. The molecule has 2 amide bonds. The molecule has 1 fully saturated rings. The van der Waals surface area contributed by atoms with Crippen LogP contribution < -0.4 is 10.6 Å². The van der Waals surface area contributed by atoms with Crippen LogP contribution in [0.25, 0.3) is 0 Å². The molecule has 1 aromatic carbocycles. The molecule has 1 aliphatic carbocycles. The summed E-state index contributed by atoms with van der Waals surface area (Å²) in [6, 6.07) is 7.87. The molecule has 0 saturated heterocycles. The Morgan fingerprint density at radius 2 is 2.04 bits per heavy atom. The average molecular weight is 328 g/mol. The lowest BCUT2D eigenvalue weighted by Crippen LogP contribution is -2.44. The van der Waals surface area contributed by atoms with Gasteiger partial charge in [-0.05, 0) is 24.0 Å². The normalized spacial score (nSPS) is 16.0. The van der Waals surface area contributed by atoms with Gasteiger partial charge in [0.25, 0.3) is 0 Å². The number of benzene rings is 1. The fraction of sp³-hybridized carbons (Fsp3) is 0.444. The molecule has 0 atom stereocenters. The summed E-state index contributed by atoms with van der Waals surface area (Å²) in [5.41, 5.74) is 1.48. The fourth-order valence-corrected chi connectivity index (χ4v) is 3.13. The van der Waals surface area contributed by atoms with Gasteiger partial charge in [-0.1, -0.05) is 37.1 Å². The Hall–Kier alpha value is -2.34. The molecule has 0 radical (unpaired) electrons. The minimum Gasteiger partial charge on any atom is -0.388 e. The number of rotatable bonds is 6. The van der Waals surface area contributed by atoms with Crippen LogP contribution in [0, 0.1) is 0 Å². The molecule has 2 aromatic rings. The van der Waals surface area contributed by atoms with Crippen LogP contribution in [0.3, 0.4) is 0 Å². The zero-order valence-electron chi connectivity index (χ0n) is 13.7. The molecule has 1 heterocycles. The number of hydrogen-bond donors (Lipinski definition) is 3. The molecule has 0 bridgehead atoms. The minimum absolute atomic E-state index is 0.240. The van der Waals surface area contributed by atoms with Gasteiger partial charge in [-0.3, -0.25) is 0 Å². The van der Waals surface area contributed by atoms with E-state index in [0.717, 1.165) is 43.4 Å². The van der Waals surface area contributed by atoms with Gasteiger partial charge < -0.3 is 20.3 Å². The molecule has 1 aromatic heterocycles. The number of aromatic nitrogens is 2. The Kier molecular flexibility index (Phi) is 5.15. The molecule has 6 heteroatoms. The summed E-state index contributed by atoms with van der Waals surface area (Å²) in [4.78, 5) is 15.9. The van der Waals surface area contributed by atoms with Gasteiger partial charge in [0.05, 0.1) is 11.9 Å². The van der Waals surface area contributed by atoms with Gasteiger partial charge in [0.2, 0.25) is 0 Å². The lowest BCUT2D eigenvalue weighted by molar-refractivity contribution is 0.0501. The van der Waals surface area contributed by atoms with Gasteiger partial charge in [-0.2, -0.15) is 0 Å². The van der Waals surface area contributed by atoms with Crippen molar-refractivity contribution in [3.05, 3.63) is 54.1 Å². The summed E-state index contributed by atoms with van der Waals surface area (Å²) < 4.78 is 2.00. The van der Waals surface area contributed by atoms with Crippen molar-refractivity contribution >= 4 is 6.03 Å². The van der Waals surface area contributed by atoms with E-state index >= 15 is 0 Å². The topological polar surface area (TPSA) is 79.2 Å². The Morgan fingerprint density at radius 3 is 2.79 bits per heavy atom. The van der Waals surface area contributed by atoms with E-state index in [-0.39, 0.29) is 6.03 Å². The standard InChI is InChI=1S/C18H24N4O2/c23-17(21-13-18(24)6-1-2-7-18)20-11-15-4-3-5-16(10-15)12-22-9-8-19-14-22/h3-5,8-10,14,24H,1-2,6-7,11-13H2,(H2,20,21,23). The van der Waals surface area contributed by atoms with E-state index in [9.17, 15) is 9.90 Å². The maximum Gasteiger partial charge on any atom is 0.315 e. The van der Waals surface area contributed by atoms with E-state index in [1.807, 2.05) is 22.9 Å². The fourth-order valence-electron chi connectivity index (χ4n) is 3.13. The second-order valence-electron chi connectivity index (χ2n) is 6.52. The van der Waals surface area contributed by atoms with Crippen LogP contribution in [0.2, 0.25) is 0 Å². The first kappa shape index (κ1) is 16.5. The molecule has 0 unspecified atom stereocenters. The Bertz CT molecular complexity index is 663. The molecular weight excluding hydrogens is 304 g/mol. The smallest absolute Gasteiger partial charge is 0.315 e. The van der Waals surface area contributed by atoms with E-state index < -0.39 is 5.60 Å². The Labute approximate surface area is 141 Å². The van der Waals surface area contributed by atoms with Gasteiger partial charge in [0.15, 0.2) is 0 Å². The third-order valence-electron chi connectivity index (χ3n) is 4.48. The maximum absolute atomic E-state index is 11.9. The molecule has 1 saturated carbocycles. The monoisotopic (exact) mass is 328 g/mol. The van der Waals surface area contributed by atoms with Crippen LogP contribution in [0.4, 0.5) is 4.79 Å². The van der Waals surface area contributed by atoms with E-state index in [1.54, 1.807) is 12.5 Å². The predicted octanol–water partition coefficient (Wildman–Crippen LogP) is 2.04. The SMILES string of the molecule is O=C(NCc1cccc(Cn2ccnc2)c1)NCC1(O)CCCC1. The number of aliphatic hydroxyl groups is 1. The number of nitrogens with zero attached hydrogens (tertiary/aromatic N) is 2. The molecule has 3 rings (SSSR count). The average Bonchev–Trinajstić information content (AvgIpc) is 3.24. The first-order chi connectivity index (χ1) is 11.6. The van der Waals surface area contributed by atoms with Crippen LogP contribution in [0.15, 0.2) is 43.0 Å². The molecule has 1 aliphatic rings. The summed E-state index contributed by atoms with van der Waals surface area (Å²) in [5.74, 6) is 0. The highest BCUT2D eigenvalue weighted by Crippen LogP contribution is 2.28. The number of imidazole rings is 1. The van der Waals surface area contributed by atoms with Crippen LogP contribution in [-0.2, 0) is 13.1 Å². The van der Waals surface area contributed by atoms with E-state index in [2.05, 4.69) is 27.8 Å².